The molecule has 1 saturated heterocycles. The summed E-state index contributed by atoms with van der Waals surface area (Å²) in [6, 6.07) is 8.01. The second kappa shape index (κ2) is 9.04. The molecule has 1 aliphatic rings. The van der Waals surface area contributed by atoms with Gasteiger partial charge in [0.05, 0.1) is 41.0 Å². The number of aromatic nitrogens is 6. The van der Waals surface area contributed by atoms with E-state index in [4.69, 9.17) is 4.98 Å². The van der Waals surface area contributed by atoms with E-state index in [1.165, 1.54) is 0 Å². The van der Waals surface area contributed by atoms with Gasteiger partial charge in [0.1, 0.15) is 11.2 Å². The van der Waals surface area contributed by atoms with E-state index in [2.05, 4.69) is 46.7 Å². The Balaban J connectivity index is 1.38. The molecule has 1 fully saturated rings. The lowest BCUT2D eigenvalue weighted by molar-refractivity contribution is -0.118. The van der Waals surface area contributed by atoms with Gasteiger partial charge in [0, 0.05) is 49.2 Å². The molecule has 0 spiro atoms. The molecule has 1 amide bonds. The number of hydrogen-bond acceptors (Lipinski definition) is 7. The monoisotopic (exact) mass is 481 g/mol. The molecule has 182 valence electrons. The Kier molecular flexibility index (Phi) is 5.57. The minimum Gasteiger partial charge on any atom is -0.366 e. The first-order valence-corrected chi connectivity index (χ1v) is 12.1. The molecule has 5 aromatic rings. The number of carbonyl (C=O) groups is 1. The molecular formula is C26H27N9O. The van der Waals surface area contributed by atoms with Crippen LogP contribution < -0.4 is 15.5 Å². The Morgan fingerprint density at radius 1 is 1.00 bits per heavy atom. The van der Waals surface area contributed by atoms with Crippen molar-refractivity contribution < 1.29 is 4.79 Å². The highest BCUT2D eigenvalue weighted by atomic mass is 16.1. The van der Waals surface area contributed by atoms with Gasteiger partial charge in [-0.25, -0.2) is 4.98 Å². The van der Waals surface area contributed by atoms with Gasteiger partial charge in [-0.2, -0.15) is 5.10 Å². The maximum atomic E-state index is 12.1. The van der Waals surface area contributed by atoms with Gasteiger partial charge in [-0.05, 0) is 23.8 Å². The number of anilines is 2. The van der Waals surface area contributed by atoms with E-state index in [0.717, 1.165) is 70.6 Å². The van der Waals surface area contributed by atoms with Crippen LogP contribution in [0.3, 0.4) is 0 Å². The molecule has 4 aromatic heterocycles. The molecule has 0 bridgehead atoms. The molecule has 0 radical (unpaired) electrons. The van der Waals surface area contributed by atoms with Crippen molar-refractivity contribution in [3.05, 3.63) is 49.1 Å². The molecule has 36 heavy (non-hydrogen) atoms. The largest absolute Gasteiger partial charge is 0.366 e. The van der Waals surface area contributed by atoms with Crippen LogP contribution >= 0.6 is 0 Å². The summed E-state index contributed by atoms with van der Waals surface area (Å²) in [7, 11) is 0. The molecular weight excluding hydrogens is 454 g/mol. The average molecular weight is 482 g/mol. The summed E-state index contributed by atoms with van der Waals surface area (Å²) in [6.07, 6.45) is 7.14. The van der Waals surface area contributed by atoms with Gasteiger partial charge in [-0.1, -0.05) is 19.9 Å². The number of H-pyrrole nitrogens is 2. The van der Waals surface area contributed by atoms with E-state index >= 15 is 0 Å². The quantitative estimate of drug-likeness (QED) is 0.302. The van der Waals surface area contributed by atoms with Gasteiger partial charge in [-0.3, -0.25) is 19.9 Å². The molecule has 10 heteroatoms. The maximum absolute atomic E-state index is 12.1. The molecule has 0 unspecified atom stereocenters. The van der Waals surface area contributed by atoms with Gasteiger partial charge in [0.25, 0.3) is 0 Å². The third-order valence-electron chi connectivity index (χ3n) is 6.48. The zero-order chi connectivity index (χ0) is 24.6. The predicted molar refractivity (Wildman–Crippen MR) is 141 cm³/mol. The summed E-state index contributed by atoms with van der Waals surface area (Å²) in [6.45, 7) is 7.45. The van der Waals surface area contributed by atoms with E-state index in [9.17, 15) is 4.79 Å². The third kappa shape index (κ3) is 4.05. The Hall–Kier alpha value is -4.31. The molecule has 0 aliphatic carbocycles. The van der Waals surface area contributed by atoms with Crippen LogP contribution in [0.1, 0.15) is 13.8 Å². The number of nitrogens with one attached hydrogen (secondary N) is 4. The van der Waals surface area contributed by atoms with E-state index in [-0.39, 0.29) is 11.8 Å². The van der Waals surface area contributed by atoms with Crippen LogP contribution in [0, 0.1) is 5.92 Å². The third-order valence-corrected chi connectivity index (χ3v) is 6.48. The van der Waals surface area contributed by atoms with E-state index in [1.807, 2.05) is 38.2 Å². The fraction of sp³-hybridized carbons (Fsp3) is 0.269. The molecule has 1 aromatic carbocycles. The highest BCUT2D eigenvalue weighted by Crippen LogP contribution is 2.32. The second-order valence-corrected chi connectivity index (χ2v) is 9.32. The Bertz CT molecular complexity index is 1560. The number of hydrogen-bond donors (Lipinski definition) is 4. The lowest BCUT2D eigenvalue weighted by Crippen LogP contribution is -2.43. The van der Waals surface area contributed by atoms with Crippen molar-refractivity contribution >= 4 is 39.2 Å². The second-order valence-electron chi connectivity index (χ2n) is 9.32. The Labute approximate surface area is 207 Å². The van der Waals surface area contributed by atoms with Crippen LogP contribution in [0.25, 0.3) is 44.6 Å². The minimum absolute atomic E-state index is 0.0407. The molecule has 1 aliphatic heterocycles. The highest BCUT2D eigenvalue weighted by molar-refractivity contribution is 5.98. The van der Waals surface area contributed by atoms with Gasteiger partial charge in [0.15, 0.2) is 5.82 Å². The number of amides is 1. The van der Waals surface area contributed by atoms with Gasteiger partial charge in [-0.15, -0.1) is 0 Å². The fourth-order valence-electron chi connectivity index (χ4n) is 4.50. The smallest absolute Gasteiger partial charge is 0.226 e. The first-order valence-electron chi connectivity index (χ1n) is 12.1. The zero-order valence-electron chi connectivity index (χ0n) is 20.2. The number of nitrogens with zero attached hydrogens (tertiary/aromatic N) is 5. The van der Waals surface area contributed by atoms with Gasteiger partial charge < -0.3 is 20.5 Å². The summed E-state index contributed by atoms with van der Waals surface area (Å²) in [5, 5.41) is 14.9. The van der Waals surface area contributed by atoms with Crippen LogP contribution in [-0.4, -0.2) is 62.2 Å². The standard InChI is InChI=1S/C26H27N9O/c1-15(2)26(36)30-18-9-17(11-28-12-18)16-3-4-20-19(10-16)23(34-33-20)25-31-21-13-29-14-22(24(21)32-25)35-7-5-27-6-8-35/h3-4,9-15,27H,5-8H2,1-2H3,(H,30,36)(H,31,32)(H,33,34). The lowest BCUT2D eigenvalue weighted by atomic mass is 10.0. The van der Waals surface area contributed by atoms with Crippen molar-refractivity contribution in [1.29, 1.82) is 0 Å². The normalized spacial score (nSPS) is 14.1. The number of carbonyl (C=O) groups excluding carboxylic acids is 1. The molecule has 5 heterocycles. The predicted octanol–water partition coefficient (Wildman–Crippen LogP) is 3.57. The van der Waals surface area contributed by atoms with Crippen molar-refractivity contribution in [1.82, 2.24) is 35.5 Å². The summed E-state index contributed by atoms with van der Waals surface area (Å²) in [4.78, 5) is 31.6. The number of aromatic amines is 2. The number of benzene rings is 1. The minimum atomic E-state index is -0.107. The zero-order valence-corrected chi connectivity index (χ0v) is 20.2. The van der Waals surface area contributed by atoms with E-state index in [1.54, 1.807) is 18.6 Å². The van der Waals surface area contributed by atoms with Crippen LogP contribution in [-0.2, 0) is 4.79 Å². The van der Waals surface area contributed by atoms with Crippen LogP contribution in [0.2, 0.25) is 0 Å². The van der Waals surface area contributed by atoms with Gasteiger partial charge in [0.2, 0.25) is 5.91 Å². The molecule has 4 N–H and O–H groups in total. The number of imidazole rings is 1. The first kappa shape index (κ1) is 22.2. The number of pyridine rings is 2. The van der Waals surface area contributed by atoms with Crippen LogP contribution in [0.15, 0.2) is 49.1 Å². The molecule has 0 saturated carbocycles. The maximum Gasteiger partial charge on any atom is 0.226 e. The topological polar surface area (TPSA) is 128 Å². The molecule has 6 rings (SSSR count). The Morgan fingerprint density at radius 2 is 1.83 bits per heavy atom. The van der Waals surface area contributed by atoms with Gasteiger partial charge >= 0.3 is 0 Å². The Morgan fingerprint density at radius 3 is 2.67 bits per heavy atom. The first-order chi connectivity index (χ1) is 17.6. The SMILES string of the molecule is CC(C)C(=O)Nc1cncc(-c2ccc3[nH]nc(-c4nc5c(N6CCNCC6)cncc5[nH]4)c3c2)c1. The highest BCUT2D eigenvalue weighted by Gasteiger charge is 2.19. The average Bonchev–Trinajstić information content (AvgIpc) is 3.53. The molecule has 0 atom stereocenters. The van der Waals surface area contributed by atoms with Crippen molar-refractivity contribution in [2.45, 2.75) is 13.8 Å². The van der Waals surface area contributed by atoms with Crippen LogP contribution in [0.4, 0.5) is 11.4 Å². The van der Waals surface area contributed by atoms with Crippen molar-refractivity contribution in [2.24, 2.45) is 5.92 Å². The molecule has 10 nitrogen and oxygen atoms in total. The summed E-state index contributed by atoms with van der Waals surface area (Å²) in [5.74, 6) is 0.541. The number of piperazine rings is 1. The summed E-state index contributed by atoms with van der Waals surface area (Å²) in [5.41, 5.74) is 7.00. The van der Waals surface area contributed by atoms with Crippen molar-refractivity contribution in [2.75, 3.05) is 36.4 Å². The lowest BCUT2D eigenvalue weighted by Gasteiger charge is -2.29. The van der Waals surface area contributed by atoms with Crippen LogP contribution in [0.5, 0.6) is 0 Å². The summed E-state index contributed by atoms with van der Waals surface area (Å²) >= 11 is 0. The van der Waals surface area contributed by atoms with Crippen molar-refractivity contribution in [3.8, 4) is 22.6 Å². The fourth-order valence-corrected chi connectivity index (χ4v) is 4.50. The van der Waals surface area contributed by atoms with E-state index in [0.29, 0.717) is 11.5 Å². The number of rotatable bonds is 5. The van der Waals surface area contributed by atoms with E-state index < -0.39 is 0 Å². The summed E-state index contributed by atoms with van der Waals surface area (Å²) < 4.78 is 0. The van der Waals surface area contributed by atoms with Crippen molar-refractivity contribution in [3.63, 3.8) is 0 Å². The number of fused-ring (bicyclic) bond motifs is 2.